The van der Waals surface area contributed by atoms with Gasteiger partial charge in [-0.05, 0) is 83.0 Å². The van der Waals surface area contributed by atoms with Crippen LogP contribution in [0.1, 0.15) is 78.0 Å². The number of piperidine rings is 1. The van der Waals surface area contributed by atoms with Gasteiger partial charge >= 0.3 is 12.3 Å². The van der Waals surface area contributed by atoms with Crippen LogP contribution in [0.3, 0.4) is 0 Å². The van der Waals surface area contributed by atoms with Gasteiger partial charge in [-0.3, -0.25) is 14.8 Å². The number of anilines is 1. The predicted molar refractivity (Wildman–Crippen MR) is 148 cm³/mol. The number of likely N-dealkylation sites (tertiary alicyclic amines) is 1. The van der Waals surface area contributed by atoms with Crippen LogP contribution in [0.4, 0.5) is 23.7 Å². The summed E-state index contributed by atoms with van der Waals surface area (Å²) < 4.78 is 48.0. The van der Waals surface area contributed by atoms with Crippen molar-refractivity contribution in [2.45, 2.75) is 71.6 Å². The molecule has 3 aromatic heterocycles. The molecule has 1 aliphatic rings. The van der Waals surface area contributed by atoms with Crippen molar-refractivity contribution in [1.82, 2.24) is 24.2 Å². The number of aryl methyl sites for hydroxylation is 2. The molecule has 1 N–H and O–H groups in total. The Morgan fingerprint density at radius 1 is 1.05 bits per heavy atom. The minimum Gasteiger partial charge on any atom is -0.444 e. The highest BCUT2D eigenvalue weighted by molar-refractivity contribution is 7.06. The first-order valence-electron chi connectivity index (χ1n) is 13.4. The zero-order chi connectivity index (χ0) is 29.8. The van der Waals surface area contributed by atoms with Crippen molar-refractivity contribution < 1.29 is 27.5 Å². The monoisotopic (exact) mass is 590 g/mol. The molecule has 0 bridgehead atoms. The van der Waals surface area contributed by atoms with Gasteiger partial charge in [-0.25, -0.2) is 9.78 Å². The highest BCUT2D eigenvalue weighted by Crippen LogP contribution is 2.28. The van der Waals surface area contributed by atoms with Crippen LogP contribution in [0.5, 0.6) is 0 Å². The lowest BCUT2D eigenvalue weighted by Crippen LogP contribution is -2.41. The van der Waals surface area contributed by atoms with Crippen LogP contribution in [0, 0.1) is 12.8 Å². The Labute approximate surface area is 240 Å². The van der Waals surface area contributed by atoms with Crippen LogP contribution in [0.15, 0.2) is 30.7 Å². The lowest BCUT2D eigenvalue weighted by atomic mass is 9.91. The largest absolute Gasteiger partial charge is 0.444 e. The van der Waals surface area contributed by atoms with E-state index in [1.165, 1.54) is 0 Å². The number of alkyl halides is 3. The van der Waals surface area contributed by atoms with Crippen LogP contribution >= 0.6 is 11.5 Å². The average molecular weight is 591 g/mol. The standard InChI is InChI=1S/C28H33F3N6O3S/c1-17-24(22(41-36-17)13-21-15-34-23(16-33-21)28(29,30)31)25(38)35-20-8-7-19(32-14-20)6-5-18-9-11-37(12-10-18)26(39)40-27(2,3)4/h7-8,14-16,18H,5-6,9-13H2,1-4H3,(H,35,38). The summed E-state index contributed by atoms with van der Waals surface area (Å²) in [5.41, 5.74) is 1.04. The number of nitrogens with one attached hydrogen (secondary N) is 1. The van der Waals surface area contributed by atoms with E-state index in [1.54, 1.807) is 24.1 Å². The lowest BCUT2D eigenvalue weighted by Gasteiger charge is -2.33. The van der Waals surface area contributed by atoms with Gasteiger partial charge in [-0.1, -0.05) is 0 Å². The Morgan fingerprint density at radius 3 is 2.34 bits per heavy atom. The third-order valence-electron chi connectivity index (χ3n) is 6.66. The SMILES string of the molecule is Cc1nsc(Cc2cnc(C(F)(F)F)cn2)c1C(=O)Nc1ccc(CCC2CCN(C(=O)OC(C)(C)C)CC2)nc1. The van der Waals surface area contributed by atoms with E-state index in [1.807, 2.05) is 26.8 Å². The van der Waals surface area contributed by atoms with E-state index >= 15 is 0 Å². The lowest BCUT2D eigenvalue weighted by molar-refractivity contribution is -0.141. The smallest absolute Gasteiger partial charge is 0.434 e. The Morgan fingerprint density at radius 2 is 1.76 bits per heavy atom. The molecule has 1 saturated heterocycles. The van der Waals surface area contributed by atoms with Crippen LogP contribution in [0.2, 0.25) is 0 Å². The molecule has 220 valence electrons. The second-order valence-corrected chi connectivity index (χ2v) is 11.9. The first-order valence-corrected chi connectivity index (χ1v) is 14.1. The number of rotatable bonds is 7. The van der Waals surface area contributed by atoms with Gasteiger partial charge in [0.25, 0.3) is 5.91 Å². The van der Waals surface area contributed by atoms with Crippen molar-refractivity contribution in [2.24, 2.45) is 5.92 Å². The molecule has 0 aromatic carbocycles. The average Bonchev–Trinajstić information content (AvgIpc) is 3.27. The summed E-state index contributed by atoms with van der Waals surface area (Å²) in [7, 11) is 0. The highest BCUT2D eigenvalue weighted by atomic mass is 32.1. The maximum absolute atomic E-state index is 13.1. The number of carbonyl (C=O) groups is 2. The van der Waals surface area contributed by atoms with Crippen LogP contribution in [0.25, 0.3) is 0 Å². The van der Waals surface area contributed by atoms with Gasteiger partial charge < -0.3 is 15.0 Å². The summed E-state index contributed by atoms with van der Waals surface area (Å²) >= 11 is 1.10. The quantitative estimate of drug-likeness (QED) is 0.355. The molecule has 1 aliphatic heterocycles. The number of amides is 2. The second kappa shape index (κ2) is 12.5. The Bertz CT molecular complexity index is 1350. The topological polar surface area (TPSA) is 110 Å². The van der Waals surface area contributed by atoms with Crippen molar-refractivity contribution >= 4 is 29.2 Å². The van der Waals surface area contributed by atoms with E-state index in [9.17, 15) is 22.8 Å². The van der Waals surface area contributed by atoms with Crippen molar-refractivity contribution in [2.75, 3.05) is 18.4 Å². The number of ether oxygens (including phenoxy) is 1. The molecule has 1 fully saturated rings. The number of pyridine rings is 1. The number of halogens is 3. The molecular formula is C28H33F3N6O3S. The molecule has 0 unspecified atom stereocenters. The Hall–Kier alpha value is -3.61. The summed E-state index contributed by atoms with van der Waals surface area (Å²) in [6, 6.07) is 3.67. The summed E-state index contributed by atoms with van der Waals surface area (Å²) in [5.74, 6) is 0.120. The highest BCUT2D eigenvalue weighted by Gasteiger charge is 2.33. The minimum atomic E-state index is -4.57. The van der Waals surface area contributed by atoms with E-state index in [0.29, 0.717) is 52.7 Å². The zero-order valence-electron chi connectivity index (χ0n) is 23.4. The molecule has 0 atom stereocenters. The van der Waals surface area contributed by atoms with Crippen molar-refractivity contribution in [3.8, 4) is 0 Å². The van der Waals surface area contributed by atoms with Crippen molar-refractivity contribution in [3.63, 3.8) is 0 Å². The summed E-state index contributed by atoms with van der Waals surface area (Å²) in [4.78, 5) is 39.5. The molecule has 4 heterocycles. The van der Waals surface area contributed by atoms with Gasteiger partial charge in [0.2, 0.25) is 0 Å². The molecule has 0 saturated carbocycles. The number of hydrogen-bond donors (Lipinski definition) is 1. The summed E-state index contributed by atoms with van der Waals surface area (Å²) in [6.07, 6.45) is 2.24. The Balaban J connectivity index is 1.28. The van der Waals surface area contributed by atoms with Crippen LogP contribution in [-0.2, 0) is 23.8 Å². The van der Waals surface area contributed by atoms with Crippen LogP contribution in [-0.4, -0.2) is 54.9 Å². The third-order valence-corrected chi connectivity index (χ3v) is 7.59. The molecule has 0 aliphatic carbocycles. The number of aromatic nitrogens is 4. The van der Waals surface area contributed by atoms with Gasteiger partial charge in [-0.15, -0.1) is 0 Å². The third kappa shape index (κ3) is 8.44. The second-order valence-electron chi connectivity index (χ2n) is 11.1. The first kappa shape index (κ1) is 30.4. The molecule has 9 nitrogen and oxygen atoms in total. The normalized spacial score (nSPS) is 14.7. The van der Waals surface area contributed by atoms with E-state index in [0.717, 1.165) is 49.1 Å². The van der Waals surface area contributed by atoms with Gasteiger partial charge in [0.1, 0.15) is 5.60 Å². The molecule has 3 aromatic rings. The molecule has 13 heteroatoms. The molecular weight excluding hydrogens is 557 g/mol. The molecule has 41 heavy (non-hydrogen) atoms. The maximum Gasteiger partial charge on any atom is 0.434 e. The maximum atomic E-state index is 13.1. The molecule has 2 amide bonds. The fourth-order valence-electron chi connectivity index (χ4n) is 4.51. The fraction of sp³-hybridized carbons (Fsp3) is 0.500. The van der Waals surface area contributed by atoms with Gasteiger partial charge in [0.15, 0.2) is 5.69 Å². The zero-order valence-corrected chi connectivity index (χ0v) is 24.2. The predicted octanol–water partition coefficient (Wildman–Crippen LogP) is 6.08. The number of nitrogens with zero attached hydrogens (tertiary/aromatic N) is 5. The number of hydrogen-bond acceptors (Lipinski definition) is 8. The van der Waals surface area contributed by atoms with E-state index < -0.39 is 17.5 Å². The molecule has 0 spiro atoms. The molecule has 0 radical (unpaired) electrons. The minimum absolute atomic E-state index is 0.132. The fourth-order valence-corrected chi connectivity index (χ4v) is 5.39. The van der Waals surface area contributed by atoms with E-state index in [-0.39, 0.29) is 18.4 Å². The van der Waals surface area contributed by atoms with E-state index in [4.69, 9.17) is 4.74 Å². The van der Waals surface area contributed by atoms with Crippen molar-refractivity contribution in [1.29, 1.82) is 0 Å². The Kier molecular flexibility index (Phi) is 9.25. The van der Waals surface area contributed by atoms with Gasteiger partial charge in [0, 0.05) is 36.3 Å². The summed E-state index contributed by atoms with van der Waals surface area (Å²) in [5, 5.41) is 2.84. The van der Waals surface area contributed by atoms with Crippen molar-refractivity contribution in [3.05, 3.63) is 63.9 Å². The van der Waals surface area contributed by atoms with E-state index in [2.05, 4.69) is 24.6 Å². The van der Waals surface area contributed by atoms with Crippen LogP contribution < -0.4 is 5.32 Å². The summed E-state index contributed by atoms with van der Waals surface area (Å²) in [6.45, 7) is 8.65. The molecule has 4 rings (SSSR count). The first-order chi connectivity index (χ1) is 19.3. The van der Waals surface area contributed by atoms with Gasteiger partial charge in [-0.2, -0.15) is 17.5 Å². The number of carbonyl (C=O) groups excluding carboxylic acids is 2. The van der Waals surface area contributed by atoms with Gasteiger partial charge in [0.05, 0.1) is 35.0 Å².